The zero-order valence-electron chi connectivity index (χ0n) is 16.1. The number of nitrogens with zero attached hydrogens (tertiary/aromatic N) is 2. The summed E-state index contributed by atoms with van der Waals surface area (Å²) in [7, 11) is 1.29. The van der Waals surface area contributed by atoms with Crippen LogP contribution in [0.15, 0.2) is 45.6 Å². The molecule has 2 aromatic heterocycles. The summed E-state index contributed by atoms with van der Waals surface area (Å²) >= 11 is 0. The molecule has 8 heteroatoms. The van der Waals surface area contributed by atoms with Crippen molar-refractivity contribution in [3.63, 3.8) is 0 Å². The van der Waals surface area contributed by atoms with Gasteiger partial charge in [-0.15, -0.1) is 0 Å². The third kappa shape index (κ3) is 3.74. The Labute approximate surface area is 170 Å². The third-order valence-corrected chi connectivity index (χ3v) is 4.50. The molecule has 0 saturated heterocycles. The molecular formula is C22H18N2O6. The van der Waals surface area contributed by atoms with Gasteiger partial charge in [0.15, 0.2) is 0 Å². The Morgan fingerprint density at radius 2 is 2.13 bits per heavy atom. The Morgan fingerprint density at radius 1 is 1.37 bits per heavy atom. The van der Waals surface area contributed by atoms with E-state index in [-0.39, 0.29) is 22.5 Å². The molecule has 0 aliphatic heterocycles. The molecule has 2 heterocycles. The number of nitriles is 1. The first-order valence-corrected chi connectivity index (χ1v) is 8.87. The van der Waals surface area contributed by atoms with Crippen LogP contribution in [-0.2, 0) is 11.3 Å². The van der Waals surface area contributed by atoms with Crippen molar-refractivity contribution < 1.29 is 24.2 Å². The second kappa shape index (κ2) is 8.51. The lowest BCUT2D eigenvalue weighted by Crippen LogP contribution is -2.46. The monoisotopic (exact) mass is 406 g/mol. The zero-order valence-corrected chi connectivity index (χ0v) is 16.1. The number of carbonyl (C=O) groups excluding carboxylic acids is 1. The van der Waals surface area contributed by atoms with Crippen LogP contribution in [-0.4, -0.2) is 34.5 Å². The van der Waals surface area contributed by atoms with Crippen molar-refractivity contribution in [2.75, 3.05) is 13.7 Å². The van der Waals surface area contributed by atoms with Gasteiger partial charge in [-0.05, 0) is 30.3 Å². The zero-order chi connectivity index (χ0) is 21.8. The van der Waals surface area contributed by atoms with Gasteiger partial charge in [-0.3, -0.25) is 9.36 Å². The van der Waals surface area contributed by atoms with Crippen molar-refractivity contribution >= 4 is 18.6 Å². The molecule has 0 aliphatic rings. The minimum absolute atomic E-state index is 0.0554. The average molecular weight is 406 g/mol. The van der Waals surface area contributed by atoms with Crippen molar-refractivity contribution in [3.05, 3.63) is 74.1 Å². The van der Waals surface area contributed by atoms with Gasteiger partial charge in [-0.1, -0.05) is 18.7 Å². The molecule has 0 radical (unpaired) electrons. The van der Waals surface area contributed by atoms with Gasteiger partial charge in [-0.25, -0.2) is 4.79 Å². The van der Waals surface area contributed by atoms with Crippen LogP contribution in [0.4, 0.5) is 0 Å². The van der Waals surface area contributed by atoms with Crippen molar-refractivity contribution in [1.29, 1.82) is 5.26 Å². The molecule has 8 nitrogen and oxygen atoms in total. The van der Waals surface area contributed by atoms with Gasteiger partial charge in [-0.2, -0.15) is 5.26 Å². The molecule has 0 aliphatic carbocycles. The Bertz CT molecular complexity index is 1330. The van der Waals surface area contributed by atoms with E-state index in [0.717, 1.165) is 4.57 Å². The quantitative estimate of drug-likeness (QED) is 0.598. The Morgan fingerprint density at radius 3 is 2.80 bits per heavy atom. The van der Waals surface area contributed by atoms with Gasteiger partial charge >= 0.3 is 5.97 Å². The second-order valence-electron chi connectivity index (χ2n) is 6.30. The maximum atomic E-state index is 12.7. The SMILES string of the molecule is C=c1c(C#N)c(O)n(CCO)c(=O)c1=Cc1ccc(-c2cccc(C(=O)OC)c2)o1. The summed E-state index contributed by atoms with van der Waals surface area (Å²) in [5, 5.41) is 28.7. The lowest BCUT2D eigenvalue weighted by molar-refractivity contribution is 0.0601. The first-order valence-electron chi connectivity index (χ1n) is 8.87. The molecular weight excluding hydrogens is 388 g/mol. The maximum absolute atomic E-state index is 12.7. The Balaban J connectivity index is 2.13. The highest BCUT2D eigenvalue weighted by Crippen LogP contribution is 2.23. The van der Waals surface area contributed by atoms with Crippen LogP contribution in [0.5, 0.6) is 5.88 Å². The number of benzene rings is 1. The van der Waals surface area contributed by atoms with Crippen molar-refractivity contribution in [3.8, 4) is 23.3 Å². The van der Waals surface area contributed by atoms with E-state index in [0.29, 0.717) is 22.6 Å². The van der Waals surface area contributed by atoms with E-state index in [1.165, 1.54) is 13.2 Å². The number of methoxy groups -OCH3 is 1. The first-order chi connectivity index (χ1) is 14.4. The summed E-state index contributed by atoms with van der Waals surface area (Å²) in [6.07, 6.45) is 1.41. The normalized spacial score (nSPS) is 11.3. The number of aromatic nitrogens is 1. The molecule has 1 aromatic carbocycles. The number of aromatic hydroxyl groups is 1. The fourth-order valence-electron chi connectivity index (χ4n) is 2.99. The molecule has 0 bridgehead atoms. The minimum Gasteiger partial charge on any atom is -0.493 e. The molecule has 3 rings (SSSR count). The molecule has 0 unspecified atom stereocenters. The third-order valence-electron chi connectivity index (χ3n) is 4.50. The van der Waals surface area contributed by atoms with E-state index in [1.807, 2.05) is 6.07 Å². The van der Waals surface area contributed by atoms with Crippen molar-refractivity contribution in [2.24, 2.45) is 0 Å². The largest absolute Gasteiger partial charge is 0.493 e. The lowest BCUT2D eigenvalue weighted by Gasteiger charge is -2.08. The van der Waals surface area contributed by atoms with E-state index in [9.17, 15) is 20.0 Å². The summed E-state index contributed by atoms with van der Waals surface area (Å²) in [6, 6.07) is 11.8. The van der Waals surface area contributed by atoms with E-state index >= 15 is 0 Å². The molecule has 152 valence electrons. The predicted molar refractivity (Wildman–Crippen MR) is 108 cm³/mol. The maximum Gasteiger partial charge on any atom is 0.337 e. The number of ether oxygens (including phenoxy) is 1. The number of hydrogen-bond donors (Lipinski definition) is 2. The van der Waals surface area contributed by atoms with Gasteiger partial charge in [0.2, 0.25) is 5.88 Å². The summed E-state index contributed by atoms with van der Waals surface area (Å²) in [4.78, 5) is 24.4. The molecule has 0 atom stereocenters. The van der Waals surface area contributed by atoms with Crippen molar-refractivity contribution in [2.45, 2.75) is 6.54 Å². The number of aliphatic hydroxyl groups is 1. The second-order valence-corrected chi connectivity index (χ2v) is 6.30. The molecule has 0 spiro atoms. The number of rotatable bonds is 5. The van der Waals surface area contributed by atoms with Gasteiger partial charge in [0.25, 0.3) is 5.56 Å². The fourth-order valence-corrected chi connectivity index (χ4v) is 2.99. The Kier molecular flexibility index (Phi) is 5.85. The highest BCUT2D eigenvalue weighted by Gasteiger charge is 2.14. The van der Waals surface area contributed by atoms with Crippen LogP contribution in [0.2, 0.25) is 0 Å². The molecule has 3 aromatic rings. The summed E-state index contributed by atoms with van der Waals surface area (Å²) < 4.78 is 11.4. The lowest BCUT2D eigenvalue weighted by atomic mass is 10.1. The van der Waals surface area contributed by atoms with Gasteiger partial charge < -0.3 is 19.4 Å². The topological polar surface area (TPSA) is 126 Å². The number of furan rings is 1. The average Bonchev–Trinajstić information content (AvgIpc) is 3.23. The number of pyridine rings is 1. The molecule has 0 amide bonds. The highest BCUT2D eigenvalue weighted by atomic mass is 16.5. The summed E-state index contributed by atoms with van der Waals surface area (Å²) in [5.74, 6) is -0.263. The van der Waals surface area contributed by atoms with E-state index in [4.69, 9.17) is 14.3 Å². The number of aliphatic hydroxyl groups excluding tert-OH is 1. The van der Waals surface area contributed by atoms with Crippen LogP contribution < -0.4 is 16.0 Å². The van der Waals surface area contributed by atoms with E-state index in [1.54, 1.807) is 36.4 Å². The van der Waals surface area contributed by atoms with Gasteiger partial charge in [0.05, 0.1) is 31.0 Å². The molecule has 2 N–H and O–H groups in total. The van der Waals surface area contributed by atoms with Gasteiger partial charge in [0, 0.05) is 10.8 Å². The summed E-state index contributed by atoms with van der Waals surface area (Å²) in [6.45, 7) is 3.16. The molecule has 0 saturated carbocycles. The van der Waals surface area contributed by atoms with Crippen LogP contribution in [0.3, 0.4) is 0 Å². The number of hydrogen-bond acceptors (Lipinski definition) is 7. The van der Waals surface area contributed by atoms with Crippen molar-refractivity contribution in [1.82, 2.24) is 4.57 Å². The standard InChI is InChI=1S/C22H18N2O6/c1-13-17(20(26)24(8-9-25)21(27)18(13)12-23)11-16-6-7-19(30-16)14-4-3-5-15(10-14)22(28)29-2/h3-7,10-11,25,27H,1,8-9H2,2H3. The van der Waals surface area contributed by atoms with Crippen LogP contribution in [0.1, 0.15) is 21.7 Å². The van der Waals surface area contributed by atoms with Crippen LogP contribution >= 0.6 is 0 Å². The molecule has 0 fully saturated rings. The number of esters is 1. The predicted octanol–water partition coefficient (Wildman–Crippen LogP) is 0.704. The van der Waals surface area contributed by atoms with Crippen LogP contribution in [0, 0.1) is 11.3 Å². The number of carbonyl (C=O) groups is 1. The highest BCUT2D eigenvalue weighted by molar-refractivity contribution is 5.90. The fraction of sp³-hybridized carbons (Fsp3) is 0.136. The summed E-state index contributed by atoms with van der Waals surface area (Å²) in [5.41, 5.74) is 0.220. The minimum atomic E-state index is -0.615. The van der Waals surface area contributed by atoms with Gasteiger partial charge in [0.1, 0.15) is 23.2 Å². The van der Waals surface area contributed by atoms with E-state index < -0.39 is 24.0 Å². The first kappa shape index (κ1) is 20.6. The smallest absolute Gasteiger partial charge is 0.337 e. The van der Waals surface area contributed by atoms with Crippen LogP contribution in [0.25, 0.3) is 24.0 Å². The molecule has 30 heavy (non-hydrogen) atoms. The Hall–Kier alpha value is -4.09. The van der Waals surface area contributed by atoms with E-state index in [2.05, 4.69) is 6.58 Å².